The summed E-state index contributed by atoms with van der Waals surface area (Å²) in [5, 5.41) is 9.77. The summed E-state index contributed by atoms with van der Waals surface area (Å²) in [6.07, 6.45) is -3.95. The highest BCUT2D eigenvalue weighted by Gasteiger charge is 2.30. The van der Waals surface area contributed by atoms with Crippen LogP contribution in [-0.2, 0) is 19.6 Å². The number of hydrogen-bond acceptors (Lipinski definition) is 3. The van der Waals surface area contributed by atoms with Crippen molar-refractivity contribution in [3.8, 4) is 0 Å². The van der Waals surface area contributed by atoms with Crippen molar-refractivity contribution in [2.75, 3.05) is 11.9 Å². The number of amides is 1. The zero-order valence-electron chi connectivity index (χ0n) is 18.3. The number of aryl methyl sites for hydroxylation is 2. The van der Waals surface area contributed by atoms with Crippen LogP contribution in [0.3, 0.4) is 0 Å². The van der Waals surface area contributed by atoms with Crippen LogP contribution in [0.5, 0.6) is 0 Å². The molecule has 1 amide bonds. The van der Waals surface area contributed by atoms with Gasteiger partial charge >= 0.3 is 6.18 Å². The molecule has 0 unspecified atom stereocenters. The third-order valence-corrected chi connectivity index (χ3v) is 5.08. The van der Waals surface area contributed by atoms with E-state index in [1.807, 2.05) is 20.9 Å². The molecule has 0 fully saturated rings. The van der Waals surface area contributed by atoms with Crippen LogP contribution < -0.4 is 10.6 Å². The molecular formula is C23H23F4N5O. The van der Waals surface area contributed by atoms with Crippen LogP contribution in [0, 0.1) is 19.7 Å². The van der Waals surface area contributed by atoms with Gasteiger partial charge in [0.2, 0.25) is 5.96 Å². The first-order valence-corrected chi connectivity index (χ1v) is 10.1. The lowest BCUT2D eigenvalue weighted by molar-refractivity contribution is -0.137. The average molecular weight is 461 g/mol. The van der Waals surface area contributed by atoms with Gasteiger partial charge in [-0.2, -0.15) is 18.3 Å². The Kier molecular flexibility index (Phi) is 7.15. The first-order valence-electron chi connectivity index (χ1n) is 10.1. The quantitative estimate of drug-likeness (QED) is 0.331. The van der Waals surface area contributed by atoms with Crippen molar-refractivity contribution >= 4 is 17.6 Å². The highest BCUT2D eigenvalue weighted by Crippen LogP contribution is 2.29. The van der Waals surface area contributed by atoms with E-state index in [4.69, 9.17) is 0 Å². The molecule has 3 aromatic rings. The van der Waals surface area contributed by atoms with Gasteiger partial charge < -0.3 is 5.32 Å². The summed E-state index contributed by atoms with van der Waals surface area (Å²) >= 11 is 0. The van der Waals surface area contributed by atoms with Crippen LogP contribution in [0.4, 0.5) is 23.2 Å². The largest absolute Gasteiger partial charge is 0.416 e. The van der Waals surface area contributed by atoms with Gasteiger partial charge in [-0.1, -0.05) is 6.07 Å². The minimum absolute atomic E-state index is 0.0238. The third-order valence-electron chi connectivity index (χ3n) is 5.08. The fraction of sp³-hybridized carbons (Fsp3) is 0.261. The van der Waals surface area contributed by atoms with Crippen LogP contribution in [0.25, 0.3) is 0 Å². The summed E-state index contributed by atoms with van der Waals surface area (Å²) in [4.78, 5) is 17.0. The third kappa shape index (κ3) is 6.18. The SMILES string of the molecule is Cc1nn(C)c(C)c1CCN=C(NC(=O)c1ccc(C(F)(F)F)cc1)Nc1cccc(F)c1. The Hall–Kier alpha value is -3.69. The first-order chi connectivity index (χ1) is 15.5. The normalized spacial score (nSPS) is 12.0. The number of anilines is 1. The second kappa shape index (κ2) is 9.85. The van der Waals surface area contributed by atoms with E-state index in [1.54, 1.807) is 10.7 Å². The van der Waals surface area contributed by atoms with Gasteiger partial charge in [-0.05, 0) is 68.3 Å². The van der Waals surface area contributed by atoms with Crippen molar-refractivity contribution in [3.05, 3.63) is 82.4 Å². The monoisotopic (exact) mass is 461 g/mol. The summed E-state index contributed by atoms with van der Waals surface area (Å²) in [5.41, 5.74) is 2.43. The first kappa shape index (κ1) is 24.0. The van der Waals surface area contributed by atoms with Crippen molar-refractivity contribution in [1.82, 2.24) is 15.1 Å². The van der Waals surface area contributed by atoms with E-state index >= 15 is 0 Å². The van der Waals surface area contributed by atoms with E-state index in [0.29, 0.717) is 12.1 Å². The molecule has 3 rings (SSSR count). The maximum absolute atomic E-state index is 13.6. The van der Waals surface area contributed by atoms with Gasteiger partial charge in [0.1, 0.15) is 5.82 Å². The maximum atomic E-state index is 13.6. The second-order valence-electron chi connectivity index (χ2n) is 7.42. The fourth-order valence-electron chi connectivity index (χ4n) is 3.26. The van der Waals surface area contributed by atoms with Crippen molar-refractivity contribution in [2.24, 2.45) is 12.0 Å². The zero-order chi connectivity index (χ0) is 24.2. The molecule has 0 radical (unpaired) electrons. The summed E-state index contributed by atoms with van der Waals surface area (Å²) < 4.78 is 53.7. The minimum atomic E-state index is -4.50. The highest BCUT2D eigenvalue weighted by molar-refractivity contribution is 6.09. The van der Waals surface area contributed by atoms with Gasteiger partial charge in [0.05, 0.1) is 11.3 Å². The summed E-state index contributed by atoms with van der Waals surface area (Å²) in [6, 6.07) is 9.43. The zero-order valence-corrected chi connectivity index (χ0v) is 18.3. The molecule has 0 atom stereocenters. The number of carbonyl (C=O) groups excluding carboxylic acids is 1. The average Bonchev–Trinajstić information content (AvgIpc) is 2.99. The molecule has 0 aliphatic carbocycles. The Labute approximate surface area is 188 Å². The number of alkyl halides is 3. The molecule has 0 aliphatic rings. The predicted octanol–water partition coefficient (Wildman–Crippen LogP) is 4.64. The molecule has 2 aromatic carbocycles. The Morgan fingerprint density at radius 1 is 1.12 bits per heavy atom. The molecule has 0 bridgehead atoms. The number of carbonyl (C=O) groups is 1. The Morgan fingerprint density at radius 3 is 2.39 bits per heavy atom. The van der Waals surface area contributed by atoms with Gasteiger partial charge in [-0.3, -0.25) is 19.8 Å². The topological polar surface area (TPSA) is 71.3 Å². The standard InChI is InChI=1S/C23H23F4N5O/c1-14-20(15(2)32(3)31-14)11-12-28-22(29-19-6-4-5-18(24)13-19)30-21(33)16-7-9-17(10-8-16)23(25,26)27/h4-10,13H,11-12H2,1-3H3,(H2,28,29,30,33). The number of nitrogens with zero attached hydrogens (tertiary/aromatic N) is 3. The fourth-order valence-corrected chi connectivity index (χ4v) is 3.26. The number of halogens is 4. The Morgan fingerprint density at radius 2 is 1.82 bits per heavy atom. The van der Waals surface area contributed by atoms with Gasteiger partial charge in [0, 0.05) is 30.5 Å². The second-order valence-corrected chi connectivity index (χ2v) is 7.42. The molecular weight excluding hydrogens is 438 g/mol. The molecule has 1 heterocycles. The number of hydrogen-bond donors (Lipinski definition) is 2. The molecule has 0 spiro atoms. The minimum Gasteiger partial charge on any atom is -0.326 e. The van der Waals surface area contributed by atoms with E-state index in [2.05, 4.69) is 20.7 Å². The van der Waals surface area contributed by atoms with Crippen LogP contribution in [-0.4, -0.2) is 28.2 Å². The summed E-state index contributed by atoms with van der Waals surface area (Å²) in [6.45, 7) is 4.12. The van der Waals surface area contributed by atoms with E-state index in [9.17, 15) is 22.4 Å². The molecule has 6 nitrogen and oxygen atoms in total. The van der Waals surface area contributed by atoms with Gasteiger partial charge in [-0.25, -0.2) is 4.39 Å². The Bertz CT molecular complexity index is 1170. The van der Waals surface area contributed by atoms with E-state index < -0.39 is 23.5 Å². The number of benzene rings is 2. The molecule has 0 saturated carbocycles. The molecule has 2 N–H and O–H groups in total. The molecule has 0 saturated heterocycles. The lowest BCUT2D eigenvalue weighted by Crippen LogP contribution is -2.36. The van der Waals surface area contributed by atoms with Crippen LogP contribution in [0.1, 0.15) is 32.9 Å². The van der Waals surface area contributed by atoms with Crippen LogP contribution in [0.15, 0.2) is 53.5 Å². The van der Waals surface area contributed by atoms with Crippen molar-refractivity contribution < 1.29 is 22.4 Å². The molecule has 1 aromatic heterocycles. The number of aromatic nitrogens is 2. The van der Waals surface area contributed by atoms with Crippen LogP contribution in [0.2, 0.25) is 0 Å². The number of aliphatic imine (C=N–C) groups is 1. The molecule has 33 heavy (non-hydrogen) atoms. The molecule has 174 valence electrons. The van der Waals surface area contributed by atoms with Crippen LogP contribution >= 0.6 is 0 Å². The number of nitrogens with one attached hydrogen (secondary N) is 2. The lowest BCUT2D eigenvalue weighted by atomic mass is 10.1. The Balaban J connectivity index is 1.78. The van der Waals surface area contributed by atoms with E-state index in [0.717, 1.165) is 41.2 Å². The number of rotatable bonds is 5. The molecule has 10 heteroatoms. The van der Waals surface area contributed by atoms with Gasteiger partial charge in [0.25, 0.3) is 5.91 Å². The van der Waals surface area contributed by atoms with Crippen molar-refractivity contribution in [2.45, 2.75) is 26.4 Å². The maximum Gasteiger partial charge on any atom is 0.416 e. The smallest absolute Gasteiger partial charge is 0.326 e. The predicted molar refractivity (Wildman–Crippen MR) is 118 cm³/mol. The van der Waals surface area contributed by atoms with Crippen molar-refractivity contribution in [3.63, 3.8) is 0 Å². The summed E-state index contributed by atoms with van der Waals surface area (Å²) in [5.74, 6) is -1.08. The van der Waals surface area contributed by atoms with Crippen molar-refractivity contribution in [1.29, 1.82) is 0 Å². The number of guanidine groups is 1. The van der Waals surface area contributed by atoms with E-state index in [-0.39, 0.29) is 18.1 Å². The van der Waals surface area contributed by atoms with Gasteiger partial charge in [-0.15, -0.1) is 0 Å². The molecule has 0 aliphatic heterocycles. The van der Waals surface area contributed by atoms with Gasteiger partial charge in [0.15, 0.2) is 0 Å². The lowest BCUT2D eigenvalue weighted by Gasteiger charge is -2.13. The summed E-state index contributed by atoms with van der Waals surface area (Å²) in [7, 11) is 1.84. The highest BCUT2D eigenvalue weighted by atomic mass is 19.4. The van der Waals surface area contributed by atoms with E-state index in [1.165, 1.54) is 18.2 Å².